The average molecular weight is 391 g/mol. The highest BCUT2D eigenvalue weighted by atomic mass is 35.5. The van der Waals surface area contributed by atoms with Gasteiger partial charge in [-0.25, -0.2) is 14.6 Å². The molecule has 0 aliphatic carbocycles. The molecule has 0 radical (unpaired) electrons. The van der Waals surface area contributed by atoms with Gasteiger partial charge in [-0.3, -0.25) is 9.59 Å². The summed E-state index contributed by atoms with van der Waals surface area (Å²) in [6.45, 7) is -0.204. The Hall–Kier alpha value is -2.97. The zero-order chi connectivity index (χ0) is 18.5. The molecule has 0 saturated heterocycles. The Balaban J connectivity index is 1.53. The van der Waals surface area contributed by atoms with Crippen LogP contribution in [0.4, 0.5) is 5.69 Å². The normalized spacial score (nSPS) is 10.4. The topological polar surface area (TPSA) is 102 Å². The quantitative estimate of drug-likeness (QED) is 0.650. The number of anilines is 1. The van der Waals surface area contributed by atoms with Gasteiger partial charge in [0.2, 0.25) is 5.91 Å². The van der Waals surface area contributed by atoms with Crippen molar-refractivity contribution >= 4 is 40.7 Å². The molecule has 8 nitrogen and oxygen atoms in total. The predicted octanol–water partition coefficient (Wildman–Crippen LogP) is 2.34. The van der Waals surface area contributed by atoms with Crippen molar-refractivity contribution in [1.82, 2.24) is 25.1 Å². The number of amides is 2. The van der Waals surface area contributed by atoms with Crippen LogP contribution in [0, 0.1) is 0 Å². The minimum Gasteiger partial charge on any atom is -0.343 e. The van der Waals surface area contributed by atoms with Crippen molar-refractivity contribution in [2.75, 3.05) is 11.9 Å². The summed E-state index contributed by atoms with van der Waals surface area (Å²) in [6.07, 6.45) is 4.28. The van der Waals surface area contributed by atoms with Gasteiger partial charge in [0.05, 0.1) is 22.8 Å². The maximum absolute atomic E-state index is 12.0. The van der Waals surface area contributed by atoms with Crippen LogP contribution in [-0.2, 0) is 4.79 Å². The summed E-state index contributed by atoms with van der Waals surface area (Å²) in [5.74, 6) is -0.854. The van der Waals surface area contributed by atoms with Gasteiger partial charge < -0.3 is 10.6 Å². The van der Waals surface area contributed by atoms with Gasteiger partial charge in [0.25, 0.3) is 5.91 Å². The van der Waals surface area contributed by atoms with Crippen LogP contribution in [0.5, 0.6) is 0 Å². The summed E-state index contributed by atoms with van der Waals surface area (Å²) in [7, 11) is 0. The number of nitrogens with zero attached hydrogens (tertiary/aromatic N) is 4. The van der Waals surface area contributed by atoms with Crippen LogP contribution in [0.15, 0.2) is 49.2 Å². The van der Waals surface area contributed by atoms with E-state index in [4.69, 9.17) is 23.2 Å². The lowest BCUT2D eigenvalue weighted by Gasteiger charge is -2.08. The predicted molar refractivity (Wildman–Crippen MR) is 96.6 cm³/mol. The zero-order valence-electron chi connectivity index (χ0n) is 13.2. The van der Waals surface area contributed by atoms with E-state index >= 15 is 0 Å². The first kappa shape index (κ1) is 17.8. The van der Waals surface area contributed by atoms with E-state index in [2.05, 4.69) is 25.7 Å². The molecule has 2 aromatic heterocycles. The lowest BCUT2D eigenvalue weighted by Crippen LogP contribution is -2.32. The van der Waals surface area contributed by atoms with Gasteiger partial charge in [0.1, 0.15) is 17.8 Å². The van der Waals surface area contributed by atoms with Crippen LogP contribution < -0.4 is 10.6 Å². The summed E-state index contributed by atoms with van der Waals surface area (Å²) in [6, 6.07) is 8.39. The van der Waals surface area contributed by atoms with E-state index in [9.17, 15) is 9.59 Å². The van der Waals surface area contributed by atoms with Gasteiger partial charge in [-0.1, -0.05) is 23.2 Å². The molecular weight excluding hydrogens is 379 g/mol. The molecule has 0 bridgehead atoms. The molecule has 2 N–H and O–H groups in total. The number of hydrogen-bond acceptors (Lipinski definition) is 5. The third-order valence-electron chi connectivity index (χ3n) is 3.30. The maximum Gasteiger partial charge on any atom is 0.253 e. The van der Waals surface area contributed by atoms with E-state index in [-0.39, 0.29) is 28.2 Å². The number of nitrogens with one attached hydrogen (secondary N) is 2. The maximum atomic E-state index is 12.0. The molecule has 0 spiro atoms. The van der Waals surface area contributed by atoms with E-state index in [1.165, 1.54) is 18.6 Å². The highest BCUT2D eigenvalue weighted by molar-refractivity contribution is 6.41. The van der Waals surface area contributed by atoms with Crippen LogP contribution in [-0.4, -0.2) is 38.1 Å². The third-order valence-corrected chi connectivity index (χ3v) is 3.99. The van der Waals surface area contributed by atoms with Gasteiger partial charge in [-0.15, -0.1) is 0 Å². The monoisotopic (exact) mass is 390 g/mol. The number of halogens is 2. The number of hydrogen-bond donors (Lipinski definition) is 2. The molecule has 0 aliphatic heterocycles. The smallest absolute Gasteiger partial charge is 0.253 e. The van der Waals surface area contributed by atoms with Crippen LogP contribution in [0.3, 0.4) is 0 Å². The van der Waals surface area contributed by atoms with Crippen LogP contribution in [0.1, 0.15) is 10.4 Å². The van der Waals surface area contributed by atoms with Crippen LogP contribution in [0.25, 0.3) is 5.69 Å². The Kier molecular flexibility index (Phi) is 5.45. The SMILES string of the molecule is O=C(CNC(=O)c1cnc(Cl)c(Cl)c1)Nc1ccc(-n2cncn2)cc1. The molecule has 0 saturated carbocycles. The minimum absolute atomic E-state index is 0.107. The molecule has 3 rings (SSSR count). The number of carbonyl (C=O) groups excluding carboxylic acids is 2. The summed E-state index contributed by atoms with van der Waals surface area (Å²) in [5, 5.41) is 9.45. The van der Waals surface area contributed by atoms with Gasteiger partial charge in [0.15, 0.2) is 0 Å². The van der Waals surface area contributed by atoms with Gasteiger partial charge in [-0.05, 0) is 30.3 Å². The fraction of sp³-hybridized carbons (Fsp3) is 0.0625. The number of carbonyl (C=O) groups is 2. The van der Waals surface area contributed by atoms with Gasteiger partial charge >= 0.3 is 0 Å². The second-order valence-corrected chi connectivity index (χ2v) is 5.88. The molecular formula is C16H12Cl2N6O2. The molecule has 2 heterocycles. The molecule has 3 aromatic rings. The highest BCUT2D eigenvalue weighted by Crippen LogP contribution is 2.19. The van der Waals surface area contributed by atoms with Crippen molar-refractivity contribution in [3.05, 3.63) is 64.9 Å². The first-order valence-corrected chi connectivity index (χ1v) is 8.12. The van der Waals surface area contributed by atoms with Crippen molar-refractivity contribution in [1.29, 1.82) is 0 Å². The van der Waals surface area contributed by atoms with Crippen molar-refractivity contribution < 1.29 is 9.59 Å². The fourth-order valence-corrected chi connectivity index (χ4v) is 2.32. The van der Waals surface area contributed by atoms with Crippen molar-refractivity contribution in [3.8, 4) is 5.69 Å². The first-order valence-electron chi connectivity index (χ1n) is 7.37. The molecule has 1 aromatic carbocycles. The standard InChI is InChI=1S/C16H12Cl2N6O2/c17-13-5-10(6-20-15(13)18)16(26)21-7-14(25)23-11-1-3-12(4-2-11)24-9-19-8-22-24/h1-6,8-9H,7H2,(H,21,26)(H,23,25). The summed E-state index contributed by atoms with van der Waals surface area (Å²) in [5.41, 5.74) is 1.61. The van der Waals surface area contributed by atoms with Gasteiger partial charge in [0, 0.05) is 11.9 Å². The molecule has 0 atom stereocenters. The Labute approximate surface area is 158 Å². The molecule has 2 amide bonds. The molecule has 26 heavy (non-hydrogen) atoms. The number of aromatic nitrogens is 4. The molecule has 132 valence electrons. The number of rotatable bonds is 5. The van der Waals surface area contributed by atoms with Crippen molar-refractivity contribution in [3.63, 3.8) is 0 Å². The van der Waals surface area contributed by atoms with Crippen molar-refractivity contribution in [2.45, 2.75) is 0 Å². The molecule has 0 unspecified atom stereocenters. The molecule has 10 heteroatoms. The first-order chi connectivity index (χ1) is 12.5. The Morgan fingerprint density at radius 1 is 1.15 bits per heavy atom. The fourth-order valence-electron chi connectivity index (χ4n) is 2.05. The summed E-state index contributed by atoms with van der Waals surface area (Å²) in [4.78, 5) is 31.6. The second-order valence-electron chi connectivity index (χ2n) is 5.11. The van der Waals surface area contributed by atoms with E-state index in [1.54, 1.807) is 35.3 Å². The largest absolute Gasteiger partial charge is 0.343 e. The zero-order valence-corrected chi connectivity index (χ0v) is 14.7. The highest BCUT2D eigenvalue weighted by Gasteiger charge is 2.11. The Morgan fingerprint density at radius 2 is 1.92 bits per heavy atom. The summed E-state index contributed by atoms with van der Waals surface area (Å²) < 4.78 is 1.59. The number of benzene rings is 1. The van der Waals surface area contributed by atoms with E-state index in [0.717, 1.165) is 5.69 Å². The van der Waals surface area contributed by atoms with E-state index in [1.807, 2.05) is 0 Å². The van der Waals surface area contributed by atoms with Gasteiger partial charge in [-0.2, -0.15) is 5.10 Å². The van der Waals surface area contributed by atoms with E-state index < -0.39 is 5.91 Å². The lowest BCUT2D eigenvalue weighted by atomic mass is 10.2. The van der Waals surface area contributed by atoms with E-state index in [0.29, 0.717) is 5.69 Å². The van der Waals surface area contributed by atoms with Crippen molar-refractivity contribution in [2.24, 2.45) is 0 Å². The minimum atomic E-state index is -0.479. The average Bonchev–Trinajstić information content (AvgIpc) is 3.17. The Bertz CT molecular complexity index is 928. The molecule has 0 aliphatic rings. The second kappa shape index (κ2) is 7.94. The van der Waals surface area contributed by atoms with Crippen LogP contribution in [0.2, 0.25) is 10.2 Å². The third kappa shape index (κ3) is 4.35. The van der Waals surface area contributed by atoms with Crippen LogP contribution >= 0.6 is 23.2 Å². The lowest BCUT2D eigenvalue weighted by molar-refractivity contribution is -0.115. The number of pyridine rings is 1. The summed E-state index contributed by atoms with van der Waals surface area (Å²) >= 11 is 11.5. The molecule has 0 fully saturated rings. The Morgan fingerprint density at radius 3 is 2.58 bits per heavy atom.